The SMILES string of the molecule is CC(C)(C)C1CCN(CC2[C@H]3CN(C(C)(C)CC4CN(CC5[C@H]6CN(C(C)(C)C)C[C@@H]56)CCN4C(C)(C)C)C[C@@H]23)CC1. The lowest BCUT2D eigenvalue weighted by Crippen LogP contribution is -2.62. The largest absolute Gasteiger partial charge is 0.303 e. The summed E-state index contributed by atoms with van der Waals surface area (Å²) in [5.74, 6) is 6.71. The van der Waals surface area contributed by atoms with E-state index in [9.17, 15) is 0 Å². The van der Waals surface area contributed by atoms with E-state index >= 15 is 0 Å². The van der Waals surface area contributed by atoms with Gasteiger partial charge in [0.15, 0.2) is 0 Å². The van der Waals surface area contributed by atoms with Crippen molar-refractivity contribution < 1.29 is 0 Å². The molecular weight excluding hydrogens is 514 g/mol. The minimum atomic E-state index is 0.245. The molecule has 2 aliphatic carbocycles. The fourth-order valence-electron chi connectivity index (χ4n) is 10.3. The summed E-state index contributed by atoms with van der Waals surface area (Å²) >= 11 is 0. The normalized spacial score (nSPS) is 38.2. The first-order valence-corrected chi connectivity index (χ1v) is 18.1. The first-order chi connectivity index (χ1) is 19.4. The first-order valence-electron chi connectivity index (χ1n) is 18.1. The molecule has 0 N–H and O–H groups in total. The zero-order valence-corrected chi connectivity index (χ0v) is 29.8. The lowest BCUT2D eigenvalue weighted by molar-refractivity contribution is -0.0215. The number of piperazine rings is 1. The monoisotopic (exact) mass is 584 g/mol. The smallest absolute Gasteiger partial charge is 0.0246 e. The Labute approximate surface area is 261 Å². The lowest BCUT2D eigenvalue weighted by Gasteiger charge is -2.51. The van der Waals surface area contributed by atoms with Crippen molar-refractivity contribution in [2.75, 3.05) is 72.0 Å². The molecule has 6 aliphatic rings. The lowest BCUT2D eigenvalue weighted by atomic mass is 9.75. The van der Waals surface area contributed by atoms with E-state index in [4.69, 9.17) is 0 Å². The van der Waals surface area contributed by atoms with Crippen LogP contribution >= 0.6 is 0 Å². The fourth-order valence-corrected chi connectivity index (χ4v) is 10.3. The quantitative estimate of drug-likeness (QED) is 0.373. The van der Waals surface area contributed by atoms with Crippen LogP contribution in [0.25, 0.3) is 0 Å². The van der Waals surface area contributed by atoms with Crippen molar-refractivity contribution in [3.05, 3.63) is 0 Å². The van der Waals surface area contributed by atoms with Crippen LogP contribution in [-0.4, -0.2) is 119 Å². The molecular formula is C37H69N5. The summed E-state index contributed by atoms with van der Waals surface area (Å²) in [6.45, 7) is 41.6. The number of hydrogen-bond acceptors (Lipinski definition) is 5. The van der Waals surface area contributed by atoms with E-state index in [1.54, 1.807) is 0 Å². The Morgan fingerprint density at radius 3 is 1.50 bits per heavy atom. The summed E-state index contributed by atoms with van der Waals surface area (Å²) in [6.07, 6.45) is 4.12. The predicted molar refractivity (Wildman–Crippen MR) is 178 cm³/mol. The molecule has 0 spiro atoms. The molecule has 7 atom stereocenters. The average molecular weight is 584 g/mol. The molecule has 0 aromatic heterocycles. The van der Waals surface area contributed by atoms with Gasteiger partial charge in [-0.2, -0.15) is 0 Å². The van der Waals surface area contributed by atoms with Gasteiger partial charge in [0.1, 0.15) is 0 Å². The Hall–Kier alpha value is -0.200. The van der Waals surface area contributed by atoms with E-state index in [0.717, 1.165) is 41.4 Å². The van der Waals surface area contributed by atoms with Crippen LogP contribution in [0.2, 0.25) is 0 Å². The summed E-state index contributed by atoms with van der Waals surface area (Å²) in [4.78, 5) is 14.2. The summed E-state index contributed by atoms with van der Waals surface area (Å²) in [5, 5.41) is 0. The molecule has 0 bridgehead atoms. The van der Waals surface area contributed by atoms with E-state index in [-0.39, 0.29) is 11.1 Å². The highest BCUT2D eigenvalue weighted by Crippen LogP contribution is 2.55. The second-order valence-corrected chi connectivity index (χ2v) is 19.7. The molecule has 0 aromatic rings. The van der Waals surface area contributed by atoms with Gasteiger partial charge in [-0.15, -0.1) is 0 Å². The molecule has 5 nitrogen and oxygen atoms in total. The van der Waals surface area contributed by atoms with Gasteiger partial charge >= 0.3 is 0 Å². The van der Waals surface area contributed by atoms with Crippen LogP contribution < -0.4 is 0 Å². The number of nitrogens with zero attached hydrogens (tertiary/aromatic N) is 5. The van der Waals surface area contributed by atoms with Crippen LogP contribution in [0.4, 0.5) is 0 Å². The van der Waals surface area contributed by atoms with E-state index < -0.39 is 0 Å². The van der Waals surface area contributed by atoms with Crippen molar-refractivity contribution in [3.63, 3.8) is 0 Å². The number of likely N-dealkylation sites (tertiary alicyclic amines) is 3. The minimum Gasteiger partial charge on any atom is -0.303 e. The second kappa shape index (κ2) is 11.0. The maximum absolute atomic E-state index is 2.91. The molecule has 6 fully saturated rings. The van der Waals surface area contributed by atoms with E-state index in [1.807, 2.05) is 0 Å². The van der Waals surface area contributed by atoms with Gasteiger partial charge in [-0.3, -0.25) is 14.7 Å². The Bertz CT molecular complexity index is 923. The van der Waals surface area contributed by atoms with Gasteiger partial charge in [0.25, 0.3) is 0 Å². The molecule has 42 heavy (non-hydrogen) atoms. The van der Waals surface area contributed by atoms with Gasteiger partial charge in [0.05, 0.1) is 0 Å². The Balaban J connectivity index is 0.991. The molecule has 5 heteroatoms. The van der Waals surface area contributed by atoms with E-state index in [1.165, 1.54) is 91.3 Å². The van der Waals surface area contributed by atoms with Crippen molar-refractivity contribution in [1.29, 1.82) is 0 Å². The average Bonchev–Trinajstić information content (AvgIpc) is 3.48. The number of rotatable bonds is 7. The van der Waals surface area contributed by atoms with Gasteiger partial charge in [-0.1, -0.05) is 20.8 Å². The van der Waals surface area contributed by atoms with Crippen LogP contribution in [0.1, 0.15) is 95.4 Å². The fraction of sp³-hybridized carbons (Fsp3) is 1.00. The molecule has 3 unspecified atom stereocenters. The summed E-state index contributed by atoms with van der Waals surface area (Å²) < 4.78 is 0. The third kappa shape index (κ3) is 6.53. The van der Waals surface area contributed by atoms with E-state index in [0.29, 0.717) is 17.0 Å². The zero-order valence-electron chi connectivity index (χ0n) is 29.8. The van der Waals surface area contributed by atoms with Gasteiger partial charge in [-0.05, 0) is 135 Å². The minimum absolute atomic E-state index is 0.245. The molecule has 0 amide bonds. The van der Waals surface area contributed by atoms with Gasteiger partial charge in [-0.25, -0.2) is 0 Å². The van der Waals surface area contributed by atoms with Crippen LogP contribution in [-0.2, 0) is 0 Å². The zero-order chi connectivity index (χ0) is 30.4. The van der Waals surface area contributed by atoms with Crippen LogP contribution in [0.3, 0.4) is 0 Å². The highest BCUT2D eigenvalue weighted by molar-refractivity contribution is 5.11. The molecule has 0 aromatic carbocycles. The molecule has 242 valence electrons. The van der Waals surface area contributed by atoms with Gasteiger partial charge in [0, 0.05) is 81.6 Å². The third-order valence-electron chi connectivity index (χ3n) is 13.5. The topological polar surface area (TPSA) is 16.2 Å². The van der Waals surface area contributed by atoms with Crippen LogP contribution in [0, 0.1) is 46.8 Å². The Kier molecular flexibility index (Phi) is 8.29. The van der Waals surface area contributed by atoms with E-state index in [2.05, 4.69) is 101 Å². The highest BCUT2D eigenvalue weighted by Gasteiger charge is 2.59. The van der Waals surface area contributed by atoms with Crippen molar-refractivity contribution in [2.45, 2.75) is 118 Å². The standard InChI is InChI=1S/C37H69N5/c1-34(2,3)26-12-14-38(15-13-26)20-28-32-24-41(25-33(28)32)37(10,11)18-27-19-39(16-17-42(27)36(7,8)9)21-29-30-22-40(23-31(29)30)35(4,5)6/h26-33H,12-25H2,1-11H3/t27?,28?,29?,30-,31+,32-,33+. The molecule has 6 rings (SSSR count). The maximum atomic E-state index is 2.91. The molecule has 4 aliphatic heterocycles. The maximum Gasteiger partial charge on any atom is 0.0246 e. The summed E-state index contributed by atoms with van der Waals surface area (Å²) in [5.41, 5.74) is 1.35. The van der Waals surface area contributed by atoms with Crippen molar-refractivity contribution in [3.8, 4) is 0 Å². The summed E-state index contributed by atoms with van der Waals surface area (Å²) in [7, 11) is 0. The predicted octanol–water partition coefficient (Wildman–Crippen LogP) is 5.85. The van der Waals surface area contributed by atoms with Crippen molar-refractivity contribution in [2.24, 2.45) is 46.8 Å². The van der Waals surface area contributed by atoms with Crippen molar-refractivity contribution >= 4 is 0 Å². The number of hydrogen-bond donors (Lipinski definition) is 0. The highest BCUT2D eigenvalue weighted by atomic mass is 15.3. The molecule has 2 saturated carbocycles. The van der Waals surface area contributed by atoms with Gasteiger partial charge in [0.2, 0.25) is 0 Å². The van der Waals surface area contributed by atoms with Crippen LogP contribution in [0.15, 0.2) is 0 Å². The summed E-state index contributed by atoms with van der Waals surface area (Å²) in [6, 6.07) is 0.662. The Morgan fingerprint density at radius 1 is 0.524 bits per heavy atom. The third-order valence-corrected chi connectivity index (χ3v) is 13.5. The number of fused-ring (bicyclic) bond motifs is 2. The number of piperidine rings is 3. The molecule has 0 radical (unpaired) electrons. The van der Waals surface area contributed by atoms with Crippen LogP contribution in [0.5, 0.6) is 0 Å². The molecule has 4 saturated heterocycles. The van der Waals surface area contributed by atoms with Crippen molar-refractivity contribution in [1.82, 2.24) is 24.5 Å². The molecule has 4 heterocycles. The second-order valence-electron chi connectivity index (χ2n) is 19.7. The Morgan fingerprint density at radius 2 is 1.02 bits per heavy atom. The van der Waals surface area contributed by atoms with Gasteiger partial charge < -0.3 is 9.80 Å². The first kappa shape index (κ1) is 31.8.